The molecule has 1 fully saturated rings. The number of carboxylic acid groups (broad SMARTS) is 1. The monoisotopic (exact) mass is 241 g/mol. The molecule has 0 aromatic carbocycles. The highest BCUT2D eigenvalue weighted by atomic mass is 32.2. The fourth-order valence-corrected chi connectivity index (χ4v) is 3.15. The lowest BCUT2D eigenvalue weighted by Gasteiger charge is -2.24. The van der Waals surface area contributed by atoms with Crippen LogP contribution in [0.25, 0.3) is 0 Å². The summed E-state index contributed by atoms with van der Waals surface area (Å²) in [6.45, 7) is 1.37. The first-order chi connectivity index (χ1) is 7.61. The van der Waals surface area contributed by atoms with Crippen molar-refractivity contribution in [2.75, 3.05) is 5.75 Å². The van der Waals surface area contributed by atoms with Gasteiger partial charge in [0.15, 0.2) is 0 Å². The van der Waals surface area contributed by atoms with E-state index in [1.54, 1.807) is 12.1 Å². The van der Waals surface area contributed by atoms with Crippen molar-refractivity contribution in [1.82, 2.24) is 4.90 Å². The zero-order chi connectivity index (χ0) is 11.7. The summed E-state index contributed by atoms with van der Waals surface area (Å²) >= 11 is 1.40. The van der Waals surface area contributed by atoms with Crippen LogP contribution in [0.3, 0.4) is 0 Å². The van der Waals surface area contributed by atoms with Crippen molar-refractivity contribution in [3.8, 4) is 0 Å². The Morgan fingerprint density at radius 3 is 2.88 bits per heavy atom. The highest BCUT2D eigenvalue weighted by molar-refractivity contribution is 7.99. The minimum Gasteiger partial charge on any atom is -0.480 e. The molecule has 1 N–H and O–H groups in total. The van der Waals surface area contributed by atoms with E-state index in [-0.39, 0.29) is 11.3 Å². The van der Waals surface area contributed by atoms with Crippen molar-refractivity contribution in [1.29, 1.82) is 0 Å². The molecule has 16 heavy (non-hydrogen) atoms. The number of furan rings is 1. The number of nitrogens with zero attached hydrogens (tertiary/aromatic N) is 1. The number of carboxylic acids is 1. The van der Waals surface area contributed by atoms with Gasteiger partial charge in [-0.25, -0.2) is 4.79 Å². The van der Waals surface area contributed by atoms with Crippen LogP contribution < -0.4 is 0 Å². The standard InChI is InChI=1S/C10H11NO4S/c1-6(12)11-7(10(13)14)5-16-9(11)8-3-2-4-15-8/h2-4,7,9H,5H2,1H3,(H,13,14)/t7-,9+/m0/s1. The molecule has 5 nitrogen and oxygen atoms in total. The number of carbonyl (C=O) groups is 2. The van der Waals surface area contributed by atoms with Gasteiger partial charge in [0.25, 0.3) is 0 Å². The number of carbonyl (C=O) groups excluding carboxylic acids is 1. The van der Waals surface area contributed by atoms with Crippen LogP contribution in [0.15, 0.2) is 22.8 Å². The van der Waals surface area contributed by atoms with Gasteiger partial charge in [0, 0.05) is 12.7 Å². The molecule has 2 rings (SSSR count). The quantitative estimate of drug-likeness (QED) is 0.845. The summed E-state index contributed by atoms with van der Waals surface area (Å²) in [7, 11) is 0. The van der Waals surface area contributed by atoms with Crippen LogP contribution in [0, 0.1) is 0 Å². The number of thioether (sulfide) groups is 1. The molecule has 0 spiro atoms. The Labute approximate surface area is 96.4 Å². The Balaban J connectivity index is 2.28. The maximum Gasteiger partial charge on any atom is 0.327 e. The Morgan fingerprint density at radius 2 is 2.38 bits per heavy atom. The number of amides is 1. The van der Waals surface area contributed by atoms with E-state index in [9.17, 15) is 9.59 Å². The maximum atomic E-state index is 11.5. The Bertz CT molecular complexity index is 403. The number of hydrogen-bond acceptors (Lipinski definition) is 4. The predicted molar refractivity (Wildman–Crippen MR) is 57.9 cm³/mol. The van der Waals surface area contributed by atoms with E-state index < -0.39 is 12.0 Å². The van der Waals surface area contributed by atoms with E-state index in [4.69, 9.17) is 9.52 Å². The molecular weight excluding hydrogens is 230 g/mol. The van der Waals surface area contributed by atoms with E-state index >= 15 is 0 Å². The Kier molecular flexibility index (Phi) is 2.91. The topological polar surface area (TPSA) is 70.8 Å². The minimum absolute atomic E-state index is 0.251. The summed E-state index contributed by atoms with van der Waals surface area (Å²) < 4.78 is 5.22. The average molecular weight is 241 g/mol. The maximum absolute atomic E-state index is 11.5. The summed E-state index contributed by atoms with van der Waals surface area (Å²) in [5, 5.41) is 8.68. The molecule has 86 valence electrons. The molecule has 0 saturated carbocycles. The number of aliphatic carboxylic acids is 1. The van der Waals surface area contributed by atoms with Gasteiger partial charge < -0.3 is 14.4 Å². The smallest absolute Gasteiger partial charge is 0.327 e. The molecule has 0 aliphatic carbocycles. The van der Waals surface area contributed by atoms with Gasteiger partial charge in [-0.05, 0) is 12.1 Å². The van der Waals surface area contributed by atoms with Crippen molar-refractivity contribution < 1.29 is 19.1 Å². The molecule has 0 unspecified atom stereocenters. The fourth-order valence-electron chi connectivity index (χ4n) is 1.73. The van der Waals surface area contributed by atoms with Crippen molar-refractivity contribution in [3.05, 3.63) is 24.2 Å². The molecule has 1 aromatic heterocycles. The largest absolute Gasteiger partial charge is 0.480 e. The third kappa shape index (κ3) is 1.80. The third-order valence-electron chi connectivity index (χ3n) is 2.44. The molecule has 2 heterocycles. The zero-order valence-electron chi connectivity index (χ0n) is 8.62. The molecule has 6 heteroatoms. The molecule has 1 aliphatic rings. The number of rotatable bonds is 2. The van der Waals surface area contributed by atoms with Crippen LogP contribution in [-0.2, 0) is 9.59 Å². The lowest BCUT2D eigenvalue weighted by molar-refractivity contribution is -0.148. The summed E-state index contributed by atoms with van der Waals surface area (Å²) in [6.07, 6.45) is 1.52. The van der Waals surface area contributed by atoms with E-state index in [2.05, 4.69) is 0 Å². The van der Waals surface area contributed by atoms with Gasteiger partial charge in [0.2, 0.25) is 5.91 Å². The van der Waals surface area contributed by atoms with Crippen molar-refractivity contribution in [2.24, 2.45) is 0 Å². The highest BCUT2D eigenvalue weighted by Gasteiger charge is 2.42. The second-order valence-electron chi connectivity index (χ2n) is 3.48. The van der Waals surface area contributed by atoms with Gasteiger partial charge >= 0.3 is 5.97 Å². The Morgan fingerprint density at radius 1 is 1.62 bits per heavy atom. The van der Waals surface area contributed by atoms with Crippen LogP contribution in [0.1, 0.15) is 18.1 Å². The average Bonchev–Trinajstić information content (AvgIpc) is 2.85. The summed E-state index contributed by atoms with van der Waals surface area (Å²) in [5.41, 5.74) is 0. The lowest BCUT2D eigenvalue weighted by atomic mass is 10.2. The molecule has 2 atom stereocenters. The van der Waals surface area contributed by atoms with Crippen molar-refractivity contribution >= 4 is 23.6 Å². The lowest BCUT2D eigenvalue weighted by Crippen LogP contribution is -2.41. The second kappa shape index (κ2) is 4.21. The van der Waals surface area contributed by atoms with Crippen molar-refractivity contribution in [3.63, 3.8) is 0 Å². The van der Waals surface area contributed by atoms with E-state index in [1.165, 1.54) is 29.8 Å². The summed E-state index contributed by atoms with van der Waals surface area (Å²) in [6, 6.07) is 2.71. The van der Waals surface area contributed by atoms with Crippen molar-refractivity contribution in [2.45, 2.75) is 18.3 Å². The van der Waals surface area contributed by atoms with Gasteiger partial charge in [-0.3, -0.25) is 4.79 Å². The molecule has 1 saturated heterocycles. The zero-order valence-corrected chi connectivity index (χ0v) is 9.44. The van der Waals surface area contributed by atoms with Crippen LogP contribution in [0.5, 0.6) is 0 Å². The Hall–Kier alpha value is -1.43. The van der Waals surface area contributed by atoms with E-state index in [1.807, 2.05) is 0 Å². The molecule has 1 aromatic rings. The predicted octanol–water partition coefficient (Wildman–Crippen LogP) is 1.33. The van der Waals surface area contributed by atoms with Crippen LogP contribution in [0.2, 0.25) is 0 Å². The summed E-state index contributed by atoms with van der Waals surface area (Å²) in [4.78, 5) is 23.8. The first-order valence-electron chi connectivity index (χ1n) is 4.78. The number of hydrogen-bond donors (Lipinski definition) is 1. The molecular formula is C10H11NO4S. The van der Waals surface area contributed by atoms with Gasteiger partial charge in [-0.2, -0.15) is 0 Å². The molecule has 0 radical (unpaired) electrons. The van der Waals surface area contributed by atoms with Gasteiger partial charge in [0.05, 0.1) is 6.26 Å². The summed E-state index contributed by atoms with van der Waals surface area (Å²) in [5.74, 6) is -0.222. The van der Waals surface area contributed by atoms with Crippen LogP contribution in [-0.4, -0.2) is 33.7 Å². The van der Waals surface area contributed by atoms with E-state index in [0.717, 1.165) is 0 Å². The molecule has 1 aliphatic heterocycles. The second-order valence-corrected chi connectivity index (χ2v) is 4.59. The highest BCUT2D eigenvalue weighted by Crippen LogP contribution is 2.41. The normalized spacial score (nSPS) is 24.7. The van der Waals surface area contributed by atoms with Gasteiger partial charge in [-0.15, -0.1) is 11.8 Å². The molecule has 0 bridgehead atoms. The fraction of sp³-hybridized carbons (Fsp3) is 0.400. The molecule has 1 amide bonds. The first-order valence-corrected chi connectivity index (χ1v) is 5.83. The van der Waals surface area contributed by atoms with Crippen LogP contribution in [0.4, 0.5) is 0 Å². The third-order valence-corrected chi connectivity index (χ3v) is 3.72. The van der Waals surface area contributed by atoms with Gasteiger partial charge in [-0.1, -0.05) is 0 Å². The van der Waals surface area contributed by atoms with Crippen LogP contribution >= 0.6 is 11.8 Å². The first kappa shape index (κ1) is 11.1. The van der Waals surface area contributed by atoms with Gasteiger partial charge in [0.1, 0.15) is 17.2 Å². The minimum atomic E-state index is -0.975. The SMILES string of the molecule is CC(=O)N1[C@@H](c2ccco2)SC[C@H]1C(=O)O. The van der Waals surface area contributed by atoms with E-state index in [0.29, 0.717) is 11.5 Å².